The number of carbonyl (C=O) groups excluding carboxylic acids is 2. The van der Waals surface area contributed by atoms with E-state index in [1.54, 1.807) is 30.5 Å². The highest BCUT2D eigenvalue weighted by atomic mass is 16.5. The van der Waals surface area contributed by atoms with Gasteiger partial charge in [-0.05, 0) is 36.2 Å². The van der Waals surface area contributed by atoms with Gasteiger partial charge in [0.05, 0.1) is 12.7 Å². The van der Waals surface area contributed by atoms with Crippen molar-refractivity contribution in [1.29, 1.82) is 0 Å². The molecule has 0 bridgehead atoms. The van der Waals surface area contributed by atoms with Gasteiger partial charge in [-0.2, -0.15) is 0 Å². The standard InChI is InChI=1S/C19H19NO3/c1-3-14-4-6-15(7-5-14)18(21)12-13-20-17-10-8-16(9-11-17)19(22)23-2/h4-13,20H,3H2,1-2H3/b13-12-. The molecule has 0 aliphatic carbocycles. The number of aryl methyl sites for hydroxylation is 1. The molecule has 0 heterocycles. The van der Waals surface area contributed by atoms with Crippen molar-refractivity contribution in [3.05, 3.63) is 77.5 Å². The summed E-state index contributed by atoms with van der Waals surface area (Å²) in [4.78, 5) is 23.4. The largest absolute Gasteiger partial charge is 0.465 e. The molecular formula is C19H19NO3. The summed E-state index contributed by atoms with van der Waals surface area (Å²) < 4.78 is 4.64. The molecule has 4 nitrogen and oxygen atoms in total. The van der Waals surface area contributed by atoms with Crippen LogP contribution in [0.5, 0.6) is 0 Å². The van der Waals surface area contributed by atoms with Crippen molar-refractivity contribution < 1.29 is 14.3 Å². The fourth-order valence-corrected chi connectivity index (χ4v) is 2.03. The summed E-state index contributed by atoms with van der Waals surface area (Å²) in [7, 11) is 1.34. The zero-order valence-electron chi connectivity index (χ0n) is 13.2. The van der Waals surface area contributed by atoms with Crippen molar-refractivity contribution in [2.75, 3.05) is 12.4 Å². The quantitative estimate of drug-likeness (QED) is 0.500. The lowest BCUT2D eigenvalue weighted by Crippen LogP contribution is -2.01. The highest BCUT2D eigenvalue weighted by Gasteiger charge is 2.04. The van der Waals surface area contributed by atoms with Crippen LogP contribution in [-0.4, -0.2) is 18.9 Å². The third kappa shape index (κ3) is 4.54. The number of hydrogen-bond donors (Lipinski definition) is 1. The smallest absolute Gasteiger partial charge is 0.337 e. The van der Waals surface area contributed by atoms with Crippen LogP contribution in [0.1, 0.15) is 33.2 Å². The van der Waals surface area contributed by atoms with Gasteiger partial charge in [0.15, 0.2) is 5.78 Å². The third-order valence-electron chi connectivity index (χ3n) is 3.44. The number of allylic oxidation sites excluding steroid dienone is 1. The molecule has 0 atom stereocenters. The van der Waals surface area contributed by atoms with E-state index in [4.69, 9.17) is 0 Å². The van der Waals surface area contributed by atoms with Crippen LogP contribution < -0.4 is 5.32 Å². The Balaban J connectivity index is 1.95. The van der Waals surface area contributed by atoms with E-state index in [0.717, 1.165) is 12.1 Å². The number of ketones is 1. The molecule has 0 fully saturated rings. The predicted octanol–water partition coefficient (Wildman–Crippen LogP) is 3.84. The number of hydrogen-bond acceptors (Lipinski definition) is 4. The average Bonchev–Trinajstić information content (AvgIpc) is 2.61. The summed E-state index contributed by atoms with van der Waals surface area (Å²) in [5.74, 6) is -0.441. The fraction of sp³-hybridized carbons (Fsp3) is 0.158. The fourth-order valence-electron chi connectivity index (χ4n) is 2.03. The van der Waals surface area contributed by atoms with Gasteiger partial charge in [0.2, 0.25) is 0 Å². The summed E-state index contributed by atoms with van der Waals surface area (Å²) in [6.45, 7) is 2.08. The van der Waals surface area contributed by atoms with Gasteiger partial charge in [0.1, 0.15) is 0 Å². The van der Waals surface area contributed by atoms with Crippen LogP contribution >= 0.6 is 0 Å². The van der Waals surface area contributed by atoms with Crippen molar-refractivity contribution in [3.8, 4) is 0 Å². The van der Waals surface area contributed by atoms with Gasteiger partial charge in [0, 0.05) is 23.5 Å². The molecule has 0 saturated heterocycles. The minimum atomic E-state index is -0.377. The molecule has 0 aliphatic rings. The summed E-state index contributed by atoms with van der Waals surface area (Å²) in [6, 6.07) is 14.4. The molecule has 4 heteroatoms. The van der Waals surface area contributed by atoms with E-state index in [1.165, 1.54) is 18.7 Å². The molecule has 2 aromatic rings. The second kappa shape index (κ2) is 7.94. The Labute approximate surface area is 135 Å². The van der Waals surface area contributed by atoms with E-state index in [1.807, 2.05) is 24.3 Å². The Morgan fingerprint density at radius 1 is 1.00 bits per heavy atom. The molecule has 2 rings (SSSR count). The van der Waals surface area contributed by atoms with Crippen LogP contribution in [0.25, 0.3) is 0 Å². The van der Waals surface area contributed by atoms with Gasteiger partial charge in [-0.25, -0.2) is 4.79 Å². The Kier molecular flexibility index (Phi) is 5.69. The molecule has 23 heavy (non-hydrogen) atoms. The number of anilines is 1. The van der Waals surface area contributed by atoms with Crippen LogP contribution in [-0.2, 0) is 11.2 Å². The molecule has 0 spiro atoms. The van der Waals surface area contributed by atoms with Crippen molar-refractivity contribution in [3.63, 3.8) is 0 Å². The number of esters is 1. The molecule has 1 N–H and O–H groups in total. The van der Waals surface area contributed by atoms with E-state index >= 15 is 0 Å². The summed E-state index contributed by atoms with van der Waals surface area (Å²) in [5, 5.41) is 3.00. The van der Waals surface area contributed by atoms with Crippen LogP contribution in [0.2, 0.25) is 0 Å². The Morgan fingerprint density at radius 2 is 1.61 bits per heavy atom. The topological polar surface area (TPSA) is 55.4 Å². The van der Waals surface area contributed by atoms with Crippen LogP contribution in [0.15, 0.2) is 60.8 Å². The van der Waals surface area contributed by atoms with E-state index in [2.05, 4.69) is 17.0 Å². The van der Waals surface area contributed by atoms with Gasteiger partial charge < -0.3 is 10.1 Å². The monoisotopic (exact) mass is 309 g/mol. The molecule has 118 valence electrons. The predicted molar refractivity (Wildman–Crippen MR) is 90.7 cm³/mol. The summed E-state index contributed by atoms with van der Waals surface area (Å²) in [6.07, 6.45) is 4.02. The van der Waals surface area contributed by atoms with Gasteiger partial charge in [0.25, 0.3) is 0 Å². The highest BCUT2D eigenvalue weighted by Crippen LogP contribution is 2.11. The molecule has 0 saturated carbocycles. The van der Waals surface area contributed by atoms with Crippen LogP contribution in [0.3, 0.4) is 0 Å². The first-order chi connectivity index (χ1) is 11.1. The lowest BCUT2D eigenvalue weighted by atomic mass is 10.1. The van der Waals surface area contributed by atoms with Gasteiger partial charge >= 0.3 is 5.97 Å². The molecule has 0 radical (unpaired) electrons. The normalized spacial score (nSPS) is 10.5. The van der Waals surface area contributed by atoms with E-state index in [-0.39, 0.29) is 11.8 Å². The molecule has 2 aromatic carbocycles. The van der Waals surface area contributed by atoms with Crippen LogP contribution in [0.4, 0.5) is 5.69 Å². The zero-order chi connectivity index (χ0) is 16.7. The Morgan fingerprint density at radius 3 is 2.17 bits per heavy atom. The van der Waals surface area contributed by atoms with Crippen molar-refractivity contribution >= 4 is 17.4 Å². The van der Waals surface area contributed by atoms with E-state index in [9.17, 15) is 9.59 Å². The Bertz CT molecular complexity index is 700. The minimum Gasteiger partial charge on any atom is -0.465 e. The third-order valence-corrected chi connectivity index (χ3v) is 3.44. The lowest BCUT2D eigenvalue weighted by Gasteiger charge is -2.03. The number of methoxy groups -OCH3 is 1. The number of carbonyl (C=O) groups is 2. The van der Waals surface area contributed by atoms with Crippen LogP contribution in [0, 0.1) is 0 Å². The van der Waals surface area contributed by atoms with Crippen molar-refractivity contribution in [1.82, 2.24) is 0 Å². The van der Waals surface area contributed by atoms with Crippen molar-refractivity contribution in [2.24, 2.45) is 0 Å². The summed E-state index contributed by atoms with van der Waals surface area (Å²) >= 11 is 0. The first-order valence-corrected chi connectivity index (χ1v) is 7.38. The number of benzene rings is 2. The first-order valence-electron chi connectivity index (χ1n) is 7.38. The number of rotatable bonds is 6. The summed E-state index contributed by atoms with van der Waals surface area (Å²) in [5.41, 5.74) is 3.12. The highest BCUT2D eigenvalue weighted by molar-refractivity contribution is 6.04. The molecule has 0 unspecified atom stereocenters. The first kappa shape index (κ1) is 16.5. The molecule has 0 amide bonds. The van der Waals surface area contributed by atoms with Gasteiger partial charge in [-0.15, -0.1) is 0 Å². The average molecular weight is 309 g/mol. The number of nitrogens with one attached hydrogen (secondary N) is 1. The van der Waals surface area contributed by atoms with Gasteiger partial charge in [-0.1, -0.05) is 31.2 Å². The van der Waals surface area contributed by atoms with Crippen molar-refractivity contribution in [2.45, 2.75) is 13.3 Å². The molecule has 0 aromatic heterocycles. The molecule has 0 aliphatic heterocycles. The zero-order valence-corrected chi connectivity index (χ0v) is 13.2. The Hall–Kier alpha value is -2.88. The minimum absolute atomic E-state index is 0.0636. The maximum absolute atomic E-state index is 12.0. The maximum Gasteiger partial charge on any atom is 0.337 e. The van der Waals surface area contributed by atoms with Gasteiger partial charge in [-0.3, -0.25) is 4.79 Å². The second-order valence-electron chi connectivity index (χ2n) is 4.96. The molecular weight excluding hydrogens is 290 g/mol. The SMILES string of the molecule is CCc1ccc(C(=O)/C=C\Nc2ccc(C(=O)OC)cc2)cc1. The lowest BCUT2D eigenvalue weighted by molar-refractivity contribution is 0.0600. The van der Waals surface area contributed by atoms with E-state index in [0.29, 0.717) is 11.1 Å². The maximum atomic E-state index is 12.0. The number of ether oxygens (including phenoxy) is 1. The van der Waals surface area contributed by atoms with E-state index < -0.39 is 0 Å². The second-order valence-corrected chi connectivity index (χ2v) is 4.96.